The number of aromatic nitrogens is 1. The van der Waals surface area contributed by atoms with Crippen LogP contribution >= 0.6 is 0 Å². The first kappa shape index (κ1) is 18.1. The quantitative estimate of drug-likeness (QED) is 0.562. The first-order valence-corrected chi connectivity index (χ1v) is 10.3. The van der Waals surface area contributed by atoms with Gasteiger partial charge in [0.2, 0.25) is 0 Å². The molecule has 2 heterocycles. The van der Waals surface area contributed by atoms with E-state index >= 15 is 0 Å². The highest BCUT2D eigenvalue weighted by Gasteiger charge is 2.23. The van der Waals surface area contributed by atoms with E-state index in [0.29, 0.717) is 0 Å². The van der Waals surface area contributed by atoms with Crippen LogP contribution in [-0.4, -0.2) is 36.2 Å². The molecule has 0 radical (unpaired) electrons. The molecule has 0 spiro atoms. The van der Waals surface area contributed by atoms with E-state index in [1.807, 2.05) is 0 Å². The van der Waals surface area contributed by atoms with Crippen LogP contribution in [0.4, 0.5) is 0 Å². The largest absolute Gasteiger partial charge is 0.493 e. The Labute approximate surface area is 162 Å². The lowest BCUT2D eigenvalue weighted by atomic mass is 10.0. The van der Waals surface area contributed by atoms with Gasteiger partial charge in [-0.15, -0.1) is 0 Å². The van der Waals surface area contributed by atoms with E-state index in [2.05, 4.69) is 72.0 Å². The number of unbranched alkanes of at least 4 members (excludes halogenated alkanes) is 1. The van der Waals surface area contributed by atoms with Gasteiger partial charge in [-0.3, -0.25) is 0 Å². The topological polar surface area (TPSA) is 17.4 Å². The van der Waals surface area contributed by atoms with Crippen molar-refractivity contribution in [2.45, 2.75) is 39.2 Å². The van der Waals surface area contributed by atoms with Crippen molar-refractivity contribution in [2.24, 2.45) is 0 Å². The number of benzene rings is 2. The average molecular weight is 363 g/mol. The normalized spacial score (nSPS) is 13.3. The minimum atomic E-state index is 0.748. The summed E-state index contributed by atoms with van der Waals surface area (Å²) in [5, 5.41) is 1.38. The molecule has 1 aliphatic heterocycles. The summed E-state index contributed by atoms with van der Waals surface area (Å²) in [7, 11) is 2.24. The second-order valence-corrected chi connectivity index (χ2v) is 7.60. The summed E-state index contributed by atoms with van der Waals surface area (Å²) in [6, 6.07) is 17.4. The summed E-state index contributed by atoms with van der Waals surface area (Å²) in [6.07, 6.45) is 4.67. The zero-order valence-electron chi connectivity index (χ0n) is 16.6. The van der Waals surface area contributed by atoms with Crippen LogP contribution in [0.25, 0.3) is 22.2 Å². The van der Waals surface area contributed by atoms with Crippen molar-refractivity contribution in [2.75, 3.05) is 26.7 Å². The number of hydrogen-bond acceptors (Lipinski definition) is 2. The second kappa shape index (κ2) is 8.18. The van der Waals surface area contributed by atoms with E-state index in [4.69, 9.17) is 4.74 Å². The van der Waals surface area contributed by atoms with Gasteiger partial charge in [0, 0.05) is 29.4 Å². The molecule has 0 unspecified atom stereocenters. The monoisotopic (exact) mass is 362 g/mol. The van der Waals surface area contributed by atoms with Gasteiger partial charge in [0.15, 0.2) is 0 Å². The van der Waals surface area contributed by atoms with Gasteiger partial charge in [0.05, 0.1) is 12.3 Å². The number of nitrogens with zero attached hydrogens (tertiary/aromatic N) is 2. The van der Waals surface area contributed by atoms with E-state index < -0.39 is 0 Å². The lowest BCUT2D eigenvalue weighted by Crippen LogP contribution is -2.22. The van der Waals surface area contributed by atoms with Gasteiger partial charge in [-0.25, -0.2) is 0 Å². The maximum absolute atomic E-state index is 6.06. The predicted octanol–water partition coefficient (Wildman–Crippen LogP) is 5.37. The predicted molar refractivity (Wildman–Crippen MR) is 114 cm³/mol. The third-order valence-corrected chi connectivity index (χ3v) is 5.64. The minimum absolute atomic E-state index is 0.748. The first-order chi connectivity index (χ1) is 13.3. The van der Waals surface area contributed by atoms with Crippen molar-refractivity contribution in [1.82, 2.24) is 9.47 Å². The van der Waals surface area contributed by atoms with Gasteiger partial charge in [0.1, 0.15) is 5.75 Å². The molecule has 3 nitrogen and oxygen atoms in total. The van der Waals surface area contributed by atoms with Gasteiger partial charge >= 0.3 is 0 Å². The Morgan fingerprint density at radius 3 is 2.67 bits per heavy atom. The molecule has 0 fully saturated rings. The van der Waals surface area contributed by atoms with Crippen LogP contribution in [0.15, 0.2) is 48.5 Å². The van der Waals surface area contributed by atoms with Gasteiger partial charge < -0.3 is 14.2 Å². The molecule has 0 aliphatic carbocycles. The van der Waals surface area contributed by atoms with E-state index in [1.165, 1.54) is 47.1 Å². The molecule has 2 aromatic carbocycles. The fourth-order valence-corrected chi connectivity index (χ4v) is 4.26. The summed E-state index contributed by atoms with van der Waals surface area (Å²) < 4.78 is 8.59. The Morgan fingerprint density at radius 1 is 1.00 bits per heavy atom. The molecule has 142 valence electrons. The zero-order chi connectivity index (χ0) is 18.6. The third kappa shape index (κ3) is 3.61. The number of para-hydroxylation sites is 2. The van der Waals surface area contributed by atoms with Crippen molar-refractivity contribution in [3.8, 4) is 17.0 Å². The minimum Gasteiger partial charge on any atom is -0.493 e. The van der Waals surface area contributed by atoms with Gasteiger partial charge in [-0.05, 0) is 56.7 Å². The molecule has 1 aliphatic rings. The highest BCUT2D eigenvalue weighted by atomic mass is 16.5. The Kier molecular flexibility index (Phi) is 5.49. The maximum atomic E-state index is 6.06. The number of fused-ring (bicyclic) bond motifs is 5. The first-order valence-electron chi connectivity index (χ1n) is 10.3. The Morgan fingerprint density at radius 2 is 1.78 bits per heavy atom. The lowest BCUT2D eigenvalue weighted by Gasteiger charge is -2.18. The Balaban J connectivity index is 1.70. The van der Waals surface area contributed by atoms with Crippen LogP contribution in [0.2, 0.25) is 0 Å². The number of hydrogen-bond donors (Lipinski definition) is 0. The molecule has 3 aromatic rings. The van der Waals surface area contributed by atoms with Crippen LogP contribution in [-0.2, 0) is 13.0 Å². The molecule has 0 saturated heterocycles. The van der Waals surface area contributed by atoms with Crippen LogP contribution in [0, 0.1) is 0 Å². The van der Waals surface area contributed by atoms with Gasteiger partial charge in [0.25, 0.3) is 0 Å². The van der Waals surface area contributed by atoms with E-state index in [1.54, 1.807) is 0 Å². The summed E-state index contributed by atoms with van der Waals surface area (Å²) in [6.45, 7) is 6.38. The Bertz CT molecular complexity index is 912. The molecule has 0 N–H and O–H groups in total. The summed E-state index contributed by atoms with van der Waals surface area (Å²) in [4.78, 5) is 2.46. The SMILES string of the molecule is CCCCN(C)CCCn1c2c(c3ccccc31)CCOc1ccccc1-2. The summed E-state index contributed by atoms with van der Waals surface area (Å²) in [5.41, 5.74) is 5.39. The number of aryl methyl sites for hydroxylation is 1. The van der Waals surface area contributed by atoms with Crippen molar-refractivity contribution in [3.63, 3.8) is 0 Å². The number of rotatable bonds is 7. The molecular weight excluding hydrogens is 332 g/mol. The molecule has 3 heteroatoms. The highest BCUT2D eigenvalue weighted by Crippen LogP contribution is 2.40. The molecule has 4 rings (SSSR count). The fourth-order valence-electron chi connectivity index (χ4n) is 4.26. The highest BCUT2D eigenvalue weighted by molar-refractivity contribution is 5.93. The van der Waals surface area contributed by atoms with Crippen molar-refractivity contribution in [3.05, 3.63) is 54.1 Å². The zero-order valence-corrected chi connectivity index (χ0v) is 16.6. The molecular formula is C24H30N2O. The van der Waals surface area contributed by atoms with Crippen molar-refractivity contribution in [1.29, 1.82) is 0 Å². The second-order valence-electron chi connectivity index (χ2n) is 7.60. The molecule has 0 amide bonds. The molecule has 0 saturated carbocycles. The Hall–Kier alpha value is -2.26. The van der Waals surface area contributed by atoms with Gasteiger partial charge in [-0.1, -0.05) is 43.7 Å². The molecule has 27 heavy (non-hydrogen) atoms. The van der Waals surface area contributed by atoms with Crippen LogP contribution in [0.1, 0.15) is 31.7 Å². The average Bonchev–Trinajstić information content (AvgIpc) is 2.87. The molecule has 1 aromatic heterocycles. The lowest BCUT2D eigenvalue weighted by molar-refractivity contribution is 0.317. The van der Waals surface area contributed by atoms with E-state index in [0.717, 1.165) is 38.3 Å². The molecule has 0 bridgehead atoms. The number of ether oxygens (including phenoxy) is 1. The van der Waals surface area contributed by atoms with E-state index in [-0.39, 0.29) is 0 Å². The smallest absolute Gasteiger partial charge is 0.128 e. The van der Waals surface area contributed by atoms with Crippen LogP contribution < -0.4 is 4.74 Å². The summed E-state index contributed by atoms with van der Waals surface area (Å²) >= 11 is 0. The van der Waals surface area contributed by atoms with E-state index in [9.17, 15) is 0 Å². The van der Waals surface area contributed by atoms with Crippen molar-refractivity contribution >= 4 is 10.9 Å². The maximum Gasteiger partial charge on any atom is 0.128 e. The van der Waals surface area contributed by atoms with Crippen LogP contribution in [0.5, 0.6) is 5.75 Å². The van der Waals surface area contributed by atoms with Crippen molar-refractivity contribution < 1.29 is 4.74 Å². The standard InChI is InChI=1S/C24H30N2O/c1-3-4-15-25(2)16-9-17-26-22-12-7-5-10-19(22)20-14-18-27-23-13-8-6-11-21(23)24(20)26/h5-8,10-13H,3-4,9,14-18H2,1-2H3. The third-order valence-electron chi connectivity index (χ3n) is 5.64. The van der Waals surface area contributed by atoms with Crippen LogP contribution in [0.3, 0.4) is 0 Å². The van der Waals surface area contributed by atoms with Gasteiger partial charge in [-0.2, -0.15) is 0 Å². The fraction of sp³-hybridized carbons (Fsp3) is 0.417. The molecule has 0 atom stereocenters. The summed E-state index contributed by atoms with van der Waals surface area (Å²) in [5.74, 6) is 1.01.